The number of aryl methyl sites for hydroxylation is 1. The Bertz CT molecular complexity index is 630. The number of nitrogens with zero attached hydrogens (tertiary/aromatic N) is 1. The normalized spacial score (nSPS) is 10.3. The van der Waals surface area contributed by atoms with Gasteiger partial charge < -0.3 is 14.8 Å². The maximum atomic E-state index is 6.11. The van der Waals surface area contributed by atoms with Gasteiger partial charge in [0.25, 0.3) is 0 Å². The van der Waals surface area contributed by atoms with Gasteiger partial charge in [-0.25, -0.2) is 4.98 Å². The molecular weight excluding hydrogens is 356 g/mol. The first-order chi connectivity index (χ1) is 10.1. The fraction of sp³-hybridized carbons (Fsp3) is 0.267. The van der Waals surface area contributed by atoms with E-state index in [0.29, 0.717) is 23.2 Å². The molecule has 0 radical (unpaired) electrons. The minimum atomic E-state index is 0.467. The smallest absolute Gasteiger partial charge is 0.174 e. The van der Waals surface area contributed by atoms with Crippen LogP contribution in [0.3, 0.4) is 0 Å². The van der Waals surface area contributed by atoms with E-state index in [4.69, 9.17) is 21.1 Å². The summed E-state index contributed by atoms with van der Waals surface area (Å²) in [6.45, 7) is 2.59. The standard InChI is InChI=1S/C15H16BrClN2O2/c1-9-4-5-18-15(17)13(9)19-8-10-6-11(16)14(21-3)12(7-10)20-2/h4-7,19H,8H2,1-3H3. The lowest BCUT2D eigenvalue weighted by Crippen LogP contribution is -2.03. The highest BCUT2D eigenvalue weighted by molar-refractivity contribution is 9.10. The zero-order valence-electron chi connectivity index (χ0n) is 12.0. The monoisotopic (exact) mass is 370 g/mol. The summed E-state index contributed by atoms with van der Waals surface area (Å²) >= 11 is 9.59. The average Bonchev–Trinajstić information content (AvgIpc) is 2.46. The molecule has 0 aliphatic carbocycles. The predicted molar refractivity (Wildman–Crippen MR) is 88.6 cm³/mol. The Morgan fingerprint density at radius 3 is 2.67 bits per heavy atom. The number of halogens is 2. The van der Waals surface area contributed by atoms with Gasteiger partial charge in [0.15, 0.2) is 16.7 Å². The van der Waals surface area contributed by atoms with Crippen LogP contribution >= 0.6 is 27.5 Å². The van der Waals surface area contributed by atoms with Gasteiger partial charge in [-0.2, -0.15) is 0 Å². The van der Waals surface area contributed by atoms with Gasteiger partial charge >= 0.3 is 0 Å². The molecule has 0 amide bonds. The third kappa shape index (κ3) is 3.60. The summed E-state index contributed by atoms with van der Waals surface area (Å²) in [5, 5.41) is 3.77. The number of benzene rings is 1. The van der Waals surface area contributed by atoms with Crippen molar-refractivity contribution in [2.45, 2.75) is 13.5 Å². The van der Waals surface area contributed by atoms with Gasteiger partial charge in [-0.3, -0.25) is 0 Å². The second kappa shape index (κ2) is 7.00. The van der Waals surface area contributed by atoms with Crippen LogP contribution in [0.5, 0.6) is 11.5 Å². The van der Waals surface area contributed by atoms with Crippen molar-refractivity contribution in [1.29, 1.82) is 0 Å². The second-order valence-electron chi connectivity index (χ2n) is 4.46. The molecule has 2 rings (SSSR count). The Labute approximate surface area is 137 Å². The summed E-state index contributed by atoms with van der Waals surface area (Å²) < 4.78 is 11.5. The maximum Gasteiger partial charge on any atom is 0.174 e. The summed E-state index contributed by atoms with van der Waals surface area (Å²) in [4.78, 5) is 4.08. The van der Waals surface area contributed by atoms with E-state index >= 15 is 0 Å². The average molecular weight is 372 g/mol. The third-order valence-corrected chi connectivity index (χ3v) is 3.95. The number of aromatic nitrogens is 1. The number of nitrogens with one attached hydrogen (secondary N) is 1. The molecule has 4 nitrogen and oxygen atoms in total. The fourth-order valence-corrected chi connectivity index (χ4v) is 2.92. The SMILES string of the molecule is COc1cc(CNc2c(C)ccnc2Cl)cc(Br)c1OC. The first kappa shape index (κ1) is 15.9. The molecule has 0 bridgehead atoms. The molecule has 21 heavy (non-hydrogen) atoms. The van der Waals surface area contributed by atoms with E-state index < -0.39 is 0 Å². The van der Waals surface area contributed by atoms with E-state index in [-0.39, 0.29) is 0 Å². The molecule has 6 heteroatoms. The van der Waals surface area contributed by atoms with E-state index in [2.05, 4.69) is 26.2 Å². The van der Waals surface area contributed by atoms with Crippen LogP contribution in [0.4, 0.5) is 5.69 Å². The Hall–Kier alpha value is -1.46. The summed E-state index contributed by atoms with van der Waals surface area (Å²) in [5.74, 6) is 1.36. The summed E-state index contributed by atoms with van der Waals surface area (Å²) in [6.07, 6.45) is 1.69. The Morgan fingerprint density at radius 2 is 2.05 bits per heavy atom. The highest BCUT2D eigenvalue weighted by atomic mass is 79.9. The van der Waals surface area contributed by atoms with E-state index in [0.717, 1.165) is 21.3 Å². The lowest BCUT2D eigenvalue weighted by Gasteiger charge is -2.14. The van der Waals surface area contributed by atoms with Crippen LogP contribution in [0.25, 0.3) is 0 Å². The Kier molecular flexibility index (Phi) is 5.31. The van der Waals surface area contributed by atoms with Crippen molar-refractivity contribution in [3.8, 4) is 11.5 Å². The third-order valence-electron chi connectivity index (χ3n) is 3.08. The van der Waals surface area contributed by atoms with E-state index in [1.165, 1.54) is 0 Å². The molecule has 1 N–H and O–H groups in total. The molecule has 1 heterocycles. The van der Waals surface area contributed by atoms with Crippen LogP contribution in [-0.2, 0) is 6.54 Å². The molecule has 0 spiro atoms. The second-order valence-corrected chi connectivity index (χ2v) is 5.67. The highest BCUT2D eigenvalue weighted by Gasteiger charge is 2.11. The molecule has 0 saturated heterocycles. The van der Waals surface area contributed by atoms with Gasteiger partial charge in [0, 0.05) is 12.7 Å². The molecule has 0 atom stereocenters. The summed E-state index contributed by atoms with van der Waals surface area (Å²) in [7, 11) is 3.23. The molecular formula is C15H16BrClN2O2. The van der Waals surface area contributed by atoms with Crippen molar-refractivity contribution in [2.75, 3.05) is 19.5 Å². The Balaban J connectivity index is 2.23. The van der Waals surface area contributed by atoms with E-state index in [1.807, 2.05) is 25.1 Å². The van der Waals surface area contributed by atoms with Crippen molar-refractivity contribution in [1.82, 2.24) is 4.98 Å². The minimum Gasteiger partial charge on any atom is -0.493 e. The van der Waals surface area contributed by atoms with E-state index in [9.17, 15) is 0 Å². The zero-order valence-corrected chi connectivity index (χ0v) is 14.4. The van der Waals surface area contributed by atoms with Gasteiger partial charge in [0.1, 0.15) is 0 Å². The molecule has 0 unspecified atom stereocenters. The van der Waals surface area contributed by atoms with Gasteiger partial charge in [0.05, 0.1) is 24.4 Å². The molecule has 0 saturated carbocycles. The molecule has 1 aromatic carbocycles. The van der Waals surface area contributed by atoms with Crippen molar-refractivity contribution in [2.24, 2.45) is 0 Å². The fourth-order valence-electron chi connectivity index (χ4n) is 2.00. The maximum absolute atomic E-state index is 6.11. The van der Waals surface area contributed by atoms with E-state index in [1.54, 1.807) is 20.4 Å². The van der Waals surface area contributed by atoms with Crippen LogP contribution < -0.4 is 14.8 Å². The summed E-state index contributed by atoms with van der Waals surface area (Å²) in [5.41, 5.74) is 2.93. The highest BCUT2D eigenvalue weighted by Crippen LogP contribution is 2.36. The van der Waals surface area contributed by atoms with Crippen molar-refractivity contribution < 1.29 is 9.47 Å². The van der Waals surface area contributed by atoms with Gasteiger partial charge in [-0.15, -0.1) is 0 Å². The number of hydrogen-bond acceptors (Lipinski definition) is 4. The number of ether oxygens (including phenoxy) is 2. The molecule has 112 valence electrons. The molecule has 0 fully saturated rings. The van der Waals surface area contributed by atoms with Crippen LogP contribution in [0.15, 0.2) is 28.9 Å². The van der Waals surface area contributed by atoms with Crippen LogP contribution in [-0.4, -0.2) is 19.2 Å². The van der Waals surface area contributed by atoms with Crippen molar-refractivity contribution in [3.63, 3.8) is 0 Å². The number of hydrogen-bond donors (Lipinski definition) is 1. The molecule has 2 aromatic rings. The predicted octanol–water partition coefficient (Wildman–Crippen LogP) is 4.44. The van der Waals surface area contributed by atoms with Crippen molar-refractivity contribution >= 4 is 33.2 Å². The molecule has 0 aliphatic rings. The van der Waals surface area contributed by atoms with Crippen molar-refractivity contribution in [3.05, 3.63) is 45.1 Å². The molecule has 0 aliphatic heterocycles. The van der Waals surface area contributed by atoms with Gasteiger partial charge in [0.2, 0.25) is 0 Å². The lowest BCUT2D eigenvalue weighted by molar-refractivity contribution is 0.352. The molecule has 1 aromatic heterocycles. The lowest BCUT2D eigenvalue weighted by atomic mass is 10.2. The zero-order chi connectivity index (χ0) is 15.4. The quantitative estimate of drug-likeness (QED) is 0.789. The van der Waals surface area contributed by atoms with Gasteiger partial charge in [-0.1, -0.05) is 11.6 Å². The first-order valence-electron chi connectivity index (χ1n) is 6.32. The van der Waals surface area contributed by atoms with Gasteiger partial charge in [-0.05, 0) is 52.2 Å². The number of pyridine rings is 1. The largest absolute Gasteiger partial charge is 0.493 e. The number of anilines is 1. The van der Waals surface area contributed by atoms with Crippen LogP contribution in [0, 0.1) is 6.92 Å². The number of methoxy groups -OCH3 is 2. The topological polar surface area (TPSA) is 43.4 Å². The first-order valence-corrected chi connectivity index (χ1v) is 7.49. The number of rotatable bonds is 5. The Morgan fingerprint density at radius 1 is 1.29 bits per heavy atom. The van der Waals surface area contributed by atoms with Crippen LogP contribution in [0.2, 0.25) is 5.15 Å². The minimum absolute atomic E-state index is 0.467. The van der Waals surface area contributed by atoms with Crippen LogP contribution in [0.1, 0.15) is 11.1 Å². The summed E-state index contributed by atoms with van der Waals surface area (Å²) in [6, 6.07) is 5.82.